The van der Waals surface area contributed by atoms with E-state index >= 15 is 0 Å². The summed E-state index contributed by atoms with van der Waals surface area (Å²) < 4.78 is 15.5. The lowest BCUT2D eigenvalue weighted by Crippen LogP contribution is -2.06. The van der Waals surface area contributed by atoms with Gasteiger partial charge in [-0.3, -0.25) is 0 Å². The Labute approximate surface area is 121 Å². The molecule has 0 aliphatic carbocycles. The van der Waals surface area contributed by atoms with Crippen LogP contribution in [0.1, 0.15) is 33.4 Å². The molecule has 0 saturated carbocycles. The van der Waals surface area contributed by atoms with Gasteiger partial charge in [-0.25, -0.2) is 0 Å². The summed E-state index contributed by atoms with van der Waals surface area (Å²) in [6.45, 7) is 9.51. The van der Waals surface area contributed by atoms with Crippen molar-refractivity contribution in [2.75, 3.05) is 13.2 Å². The van der Waals surface area contributed by atoms with Crippen molar-refractivity contribution in [1.82, 2.24) is 5.16 Å². The van der Waals surface area contributed by atoms with E-state index < -0.39 is 0 Å². The van der Waals surface area contributed by atoms with Gasteiger partial charge in [-0.1, -0.05) is 51.1 Å². The van der Waals surface area contributed by atoms with E-state index in [-0.39, 0.29) is 0 Å². The maximum Gasteiger partial charge on any atom is 0.124 e. The molecule has 0 aliphatic heterocycles. The Morgan fingerprint density at radius 3 is 2.25 bits per heavy atom. The second kappa shape index (κ2) is 13.6. The van der Waals surface area contributed by atoms with Gasteiger partial charge in [-0.2, -0.15) is 0 Å². The normalized spacial score (nSPS) is 8.80. The molecule has 1 aromatic heterocycles. The van der Waals surface area contributed by atoms with Gasteiger partial charge in [0.25, 0.3) is 0 Å². The molecule has 1 heterocycles. The molecule has 112 valence electrons. The summed E-state index contributed by atoms with van der Waals surface area (Å²) in [6, 6.07) is 11.4. The Morgan fingerprint density at radius 2 is 1.65 bits per heavy atom. The predicted octanol–water partition coefficient (Wildman–Crippen LogP) is 4.32. The fraction of sp³-hybridized carbons (Fsp3) is 0.438. The Bertz CT molecular complexity index is 387. The largest absolute Gasteiger partial charge is 0.491 e. The molecule has 0 spiro atoms. The highest BCUT2D eigenvalue weighted by atomic mass is 16.5. The molecule has 0 aliphatic rings. The molecule has 0 bridgehead atoms. The number of rotatable bonds is 6. The topological polar surface area (TPSA) is 44.5 Å². The van der Waals surface area contributed by atoms with Crippen LogP contribution in [-0.2, 0) is 11.3 Å². The van der Waals surface area contributed by atoms with Crippen LogP contribution in [0.5, 0.6) is 5.75 Å². The van der Waals surface area contributed by atoms with Crippen molar-refractivity contribution in [3.8, 4) is 5.75 Å². The predicted molar refractivity (Wildman–Crippen MR) is 80.8 cm³/mol. The zero-order valence-corrected chi connectivity index (χ0v) is 12.8. The van der Waals surface area contributed by atoms with Crippen LogP contribution in [0.3, 0.4) is 0 Å². The molecule has 2 aromatic rings. The minimum Gasteiger partial charge on any atom is -0.491 e. The molecule has 4 nitrogen and oxygen atoms in total. The van der Waals surface area contributed by atoms with Gasteiger partial charge in [0.15, 0.2) is 0 Å². The molecular formula is C16H25NO3. The number of aromatic nitrogens is 1. The van der Waals surface area contributed by atoms with E-state index in [1.54, 1.807) is 6.07 Å². The summed E-state index contributed by atoms with van der Waals surface area (Å²) in [6.07, 6.45) is 1.53. The molecule has 2 rings (SSSR count). The van der Waals surface area contributed by atoms with Crippen LogP contribution in [0, 0.1) is 0 Å². The zero-order chi connectivity index (χ0) is 15.1. The first-order valence-electron chi connectivity index (χ1n) is 7.10. The van der Waals surface area contributed by atoms with E-state index in [2.05, 4.69) is 9.68 Å². The van der Waals surface area contributed by atoms with Crippen LogP contribution < -0.4 is 4.74 Å². The highest BCUT2D eigenvalue weighted by molar-refractivity contribution is 5.20. The Morgan fingerprint density at radius 1 is 0.950 bits per heavy atom. The summed E-state index contributed by atoms with van der Waals surface area (Å²) >= 11 is 0. The molecule has 0 unspecified atom stereocenters. The van der Waals surface area contributed by atoms with Gasteiger partial charge in [0.05, 0.1) is 13.2 Å². The standard InChI is InChI=1S/C12H13NO3.2C2H6/c1-2-4-12(5-3-1)15-9-8-14-10-11-6-7-16-13-11;2*1-2/h1-7H,8-10H2;2*1-2H3. The van der Waals surface area contributed by atoms with Gasteiger partial charge >= 0.3 is 0 Å². The highest BCUT2D eigenvalue weighted by Crippen LogP contribution is 2.07. The van der Waals surface area contributed by atoms with E-state index in [0.29, 0.717) is 19.8 Å². The van der Waals surface area contributed by atoms with Crippen molar-refractivity contribution in [2.45, 2.75) is 34.3 Å². The smallest absolute Gasteiger partial charge is 0.124 e. The lowest BCUT2D eigenvalue weighted by molar-refractivity contribution is 0.0853. The summed E-state index contributed by atoms with van der Waals surface area (Å²) in [4.78, 5) is 0. The lowest BCUT2D eigenvalue weighted by Gasteiger charge is -2.05. The van der Waals surface area contributed by atoms with Gasteiger partial charge in [0.2, 0.25) is 0 Å². The van der Waals surface area contributed by atoms with Gasteiger partial charge in [-0.05, 0) is 12.1 Å². The van der Waals surface area contributed by atoms with Crippen LogP contribution in [0.2, 0.25) is 0 Å². The van der Waals surface area contributed by atoms with Gasteiger partial charge in [-0.15, -0.1) is 0 Å². The molecule has 1 aromatic carbocycles. The van der Waals surface area contributed by atoms with Crippen LogP contribution in [0.15, 0.2) is 47.2 Å². The van der Waals surface area contributed by atoms with Gasteiger partial charge in [0, 0.05) is 6.07 Å². The summed E-state index contributed by atoms with van der Waals surface area (Å²) in [5.74, 6) is 0.854. The maximum atomic E-state index is 5.46. The number of ether oxygens (including phenoxy) is 2. The van der Waals surface area contributed by atoms with Crippen LogP contribution in [0.25, 0.3) is 0 Å². The first-order chi connectivity index (χ1) is 9.95. The third-order valence-electron chi connectivity index (χ3n) is 1.98. The molecule has 0 N–H and O–H groups in total. The first-order valence-corrected chi connectivity index (χ1v) is 7.10. The molecule has 0 atom stereocenters. The molecule has 20 heavy (non-hydrogen) atoms. The first kappa shape index (κ1) is 18.2. The van der Waals surface area contributed by atoms with Crippen LogP contribution >= 0.6 is 0 Å². The van der Waals surface area contributed by atoms with Crippen molar-refractivity contribution < 1.29 is 14.0 Å². The maximum absolute atomic E-state index is 5.46. The second-order valence-electron chi connectivity index (χ2n) is 3.20. The van der Waals surface area contributed by atoms with E-state index in [0.717, 1.165) is 11.4 Å². The quantitative estimate of drug-likeness (QED) is 0.738. The second-order valence-corrected chi connectivity index (χ2v) is 3.20. The number of nitrogens with zero attached hydrogens (tertiary/aromatic N) is 1. The number of hydrogen-bond acceptors (Lipinski definition) is 4. The van der Waals surface area contributed by atoms with Crippen molar-refractivity contribution in [3.63, 3.8) is 0 Å². The number of benzene rings is 1. The molecule has 0 saturated heterocycles. The van der Waals surface area contributed by atoms with Crippen LogP contribution in [0.4, 0.5) is 0 Å². The van der Waals surface area contributed by atoms with Gasteiger partial charge < -0.3 is 14.0 Å². The molecule has 0 fully saturated rings. The average Bonchev–Trinajstić information content (AvgIpc) is 3.05. The third-order valence-corrected chi connectivity index (χ3v) is 1.98. The molecule has 0 radical (unpaired) electrons. The molecule has 0 amide bonds. The lowest BCUT2D eigenvalue weighted by atomic mass is 10.3. The Hall–Kier alpha value is -1.81. The van der Waals surface area contributed by atoms with Crippen molar-refractivity contribution in [1.29, 1.82) is 0 Å². The third kappa shape index (κ3) is 8.32. The summed E-state index contributed by atoms with van der Waals surface area (Å²) in [5, 5.41) is 3.73. The summed E-state index contributed by atoms with van der Waals surface area (Å²) in [7, 11) is 0. The minimum absolute atomic E-state index is 0.453. The van der Waals surface area contributed by atoms with Crippen molar-refractivity contribution in [2.24, 2.45) is 0 Å². The number of para-hydroxylation sites is 1. The Kier molecular flexibility index (Phi) is 12.4. The van der Waals surface area contributed by atoms with Crippen LogP contribution in [-0.4, -0.2) is 18.4 Å². The van der Waals surface area contributed by atoms with E-state index in [4.69, 9.17) is 9.47 Å². The highest BCUT2D eigenvalue weighted by Gasteiger charge is 1.96. The SMILES string of the molecule is CC.CC.c1ccc(OCCOCc2ccon2)cc1. The van der Waals surface area contributed by atoms with Gasteiger partial charge in [0.1, 0.15) is 24.3 Å². The Balaban J connectivity index is 0.000000829. The average molecular weight is 279 g/mol. The monoisotopic (exact) mass is 279 g/mol. The van der Waals surface area contributed by atoms with E-state index in [9.17, 15) is 0 Å². The summed E-state index contributed by atoms with van der Waals surface area (Å²) in [5.41, 5.74) is 0.791. The molecular weight excluding hydrogens is 254 g/mol. The van der Waals surface area contributed by atoms with Crippen molar-refractivity contribution >= 4 is 0 Å². The van der Waals surface area contributed by atoms with E-state index in [1.165, 1.54) is 6.26 Å². The molecule has 4 heteroatoms. The fourth-order valence-electron chi connectivity index (χ4n) is 1.22. The number of hydrogen-bond donors (Lipinski definition) is 0. The van der Waals surface area contributed by atoms with E-state index in [1.807, 2.05) is 58.0 Å². The van der Waals surface area contributed by atoms with Crippen molar-refractivity contribution in [3.05, 3.63) is 48.4 Å². The fourth-order valence-corrected chi connectivity index (χ4v) is 1.22. The minimum atomic E-state index is 0.453. The zero-order valence-electron chi connectivity index (χ0n) is 12.8.